The number of amides is 1. The molecule has 0 radical (unpaired) electrons. The van der Waals surface area contributed by atoms with E-state index in [2.05, 4.69) is 18.3 Å². The van der Waals surface area contributed by atoms with Crippen LogP contribution in [0, 0.1) is 11.3 Å². The number of ether oxygens (including phenoxy) is 1. The first-order chi connectivity index (χ1) is 20.9. The van der Waals surface area contributed by atoms with Crippen molar-refractivity contribution in [2.24, 2.45) is 5.92 Å². The molecule has 8 nitrogen and oxygen atoms in total. The van der Waals surface area contributed by atoms with Gasteiger partial charge < -0.3 is 9.84 Å². The zero-order valence-electron chi connectivity index (χ0n) is 24.4. The summed E-state index contributed by atoms with van der Waals surface area (Å²) >= 11 is 0. The Kier molecular flexibility index (Phi) is 8.09. The van der Waals surface area contributed by atoms with E-state index in [1.165, 1.54) is 12.8 Å². The van der Waals surface area contributed by atoms with Gasteiger partial charge in [-0.15, -0.1) is 0 Å². The van der Waals surface area contributed by atoms with Crippen LogP contribution in [0.15, 0.2) is 71.5 Å². The monoisotopic (exact) mass is 576 g/mol. The Morgan fingerprint density at radius 3 is 2.65 bits per heavy atom. The van der Waals surface area contributed by atoms with E-state index >= 15 is 0 Å². The Hall–Kier alpha value is -4.72. The highest BCUT2D eigenvalue weighted by molar-refractivity contribution is 6.08. The molecule has 2 heterocycles. The van der Waals surface area contributed by atoms with Gasteiger partial charge in [0.2, 0.25) is 0 Å². The van der Waals surface area contributed by atoms with Gasteiger partial charge in [-0.2, -0.15) is 0 Å². The number of fused-ring (bicyclic) bond motifs is 1. The van der Waals surface area contributed by atoms with Crippen molar-refractivity contribution in [3.8, 4) is 22.6 Å². The number of rotatable bonds is 10. The molecule has 2 aliphatic rings. The molecular weight excluding hydrogens is 540 g/mol. The van der Waals surface area contributed by atoms with E-state index in [1.54, 1.807) is 12.1 Å². The zero-order valence-corrected chi connectivity index (χ0v) is 24.4. The standard InChI is InChI=1S/C35H36N4O4/c1-2-3-8-30-29(19-22-11-13-24(14-12-22)27-6-4-5-7-28(27)33(36)38-35(41)42)34(40)39(32(37-30)20-23-9-10-23)26-15-16-31-25(21-26)17-18-43-31/h4-7,11-16,21,23H,2-3,8-10,17-20H2,1H3,(H2,36,38)(H,41,42). The summed E-state index contributed by atoms with van der Waals surface area (Å²) in [5.41, 5.74) is 6.70. The molecule has 1 saturated carbocycles. The Balaban J connectivity index is 1.37. The summed E-state index contributed by atoms with van der Waals surface area (Å²) in [5.74, 6) is 2.15. The van der Waals surface area contributed by atoms with Gasteiger partial charge in [0.15, 0.2) is 0 Å². The number of carboxylic acid groups (broad SMARTS) is 1. The lowest BCUT2D eigenvalue weighted by Crippen LogP contribution is -2.30. The molecule has 1 amide bonds. The van der Waals surface area contributed by atoms with Crippen LogP contribution in [0.1, 0.15) is 66.4 Å². The first-order valence-electron chi connectivity index (χ1n) is 15.1. The van der Waals surface area contributed by atoms with E-state index in [9.17, 15) is 9.59 Å². The van der Waals surface area contributed by atoms with Gasteiger partial charge in [0.25, 0.3) is 5.56 Å². The van der Waals surface area contributed by atoms with Crippen LogP contribution >= 0.6 is 0 Å². The highest BCUT2D eigenvalue weighted by atomic mass is 16.5. The molecule has 4 aromatic rings. The number of amidine groups is 1. The van der Waals surface area contributed by atoms with Crippen molar-refractivity contribution in [2.45, 2.75) is 58.3 Å². The lowest BCUT2D eigenvalue weighted by molar-refractivity contribution is 0.200. The average molecular weight is 577 g/mol. The first kappa shape index (κ1) is 28.4. The van der Waals surface area contributed by atoms with Crippen LogP contribution in [0.2, 0.25) is 0 Å². The van der Waals surface area contributed by atoms with E-state index in [0.717, 1.165) is 82.9 Å². The van der Waals surface area contributed by atoms with Crippen LogP contribution in [0.3, 0.4) is 0 Å². The Bertz CT molecular complexity index is 1740. The summed E-state index contributed by atoms with van der Waals surface area (Å²) < 4.78 is 7.57. The maximum Gasteiger partial charge on any atom is 0.410 e. The Morgan fingerprint density at radius 1 is 1.12 bits per heavy atom. The third kappa shape index (κ3) is 6.23. The van der Waals surface area contributed by atoms with Gasteiger partial charge in [-0.1, -0.05) is 61.9 Å². The van der Waals surface area contributed by atoms with Crippen molar-refractivity contribution in [1.82, 2.24) is 14.9 Å². The van der Waals surface area contributed by atoms with Crippen LogP contribution in [-0.2, 0) is 25.7 Å². The molecule has 3 N–H and O–H groups in total. The average Bonchev–Trinajstić information content (AvgIpc) is 3.70. The van der Waals surface area contributed by atoms with Gasteiger partial charge in [-0.05, 0) is 72.1 Å². The maximum atomic E-state index is 14.4. The zero-order chi connectivity index (χ0) is 29.9. The van der Waals surface area contributed by atoms with E-state index in [4.69, 9.17) is 20.2 Å². The number of aromatic nitrogens is 2. The van der Waals surface area contributed by atoms with Crippen LogP contribution in [0.4, 0.5) is 4.79 Å². The highest BCUT2D eigenvalue weighted by Crippen LogP contribution is 2.34. The van der Waals surface area contributed by atoms with Crippen molar-refractivity contribution in [2.75, 3.05) is 6.61 Å². The number of nitrogens with zero attached hydrogens (tertiary/aromatic N) is 2. The molecule has 0 saturated heterocycles. The molecule has 8 heteroatoms. The van der Waals surface area contributed by atoms with E-state index in [-0.39, 0.29) is 11.4 Å². The number of hydrogen-bond donors (Lipinski definition) is 3. The molecule has 1 aliphatic heterocycles. The van der Waals surface area contributed by atoms with Gasteiger partial charge in [0, 0.05) is 30.4 Å². The molecule has 1 aromatic heterocycles. The van der Waals surface area contributed by atoms with Gasteiger partial charge in [0.05, 0.1) is 18.0 Å². The lowest BCUT2D eigenvalue weighted by Gasteiger charge is -2.18. The second kappa shape index (κ2) is 12.3. The molecular formula is C35H36N4O4. The quantitative estimate of drug-likeness (QED) is 0.151. The topological polar surface area (TPSA) is 117 Å². The minimum atomic E-state index is -1.27. The van der Waals surface area contributed by atoms with Crippen LogP contribution in [0.5, 0.6) is 5.75 Å². The minimum absolute atomic E-state index is 0.00164. The van der Waals surface area contributed by atoms with Gasteiger partial charge in [-0.3, -0.25) is 20.1 Å². The summed E-state index contributed by atoms with van der Waals surface area (Å²) in [6.07, 6.45) is 5.95. The Morgan fingerprint density at radius 2 is 1.91 bits per heavy atom. The highest BCUT2D eigenvalue weighted by Gasteiger charge is 2.27. The van der Waals surface area contributed by atoms with Crippen molar-refractivity contribution < 1.29 is 14.6 Å². The first-order valence-corrected chi connectivity index (χ1v) is 15.1. The SMILES string of the molecule is CCCCc1nc(CC2CC2)n(-c2ccc3c(c2)CCO3)c(=O)c1Cc1ccc(-c2ccccc2C(=N)NC(=O)O)cc1. The summed E-state index contributed by atoms with van der Waals surface area (Å²) in [5, 5.41) is 19.4. The summed E-state index contributed by atoms with van der Waals surface area (Å²) in [4.78, 5) is 30.7. The fourth-order valence-electron chi connectivity index (χ4n) is 5.81. The van der Waals surface area contributed by atoms with Crippen LogP contribution in [-0.4, -0.2) is 33.2 Å². The summed E-state index contributed by atoms with van der Waals surface area (Å²) in [7, 11) is 0. The van der Waals surface area contributed by atoms with Crippen molar-refractivity contribution in [3.63, 3.8) is 0 Å². The van der Waals surface area contributed by atoms with Gasteiger partial charge in [-0.25, -0.2) is 9.78 Å². The molecule has 6 rings (SSSR count). The molecule has 0 spiro atoms. The number of carbonyl (C=O) groups is 1. The molecule has 0 bridgehead atoms. The molecule has 0 atom stereocenters. The fraction of sp³-hybridized carbons (Fsp3) is 0.314. The largest absolute Gasteiger partial charge is 0.493 e. The van der Waals surface area contributed by atoms with Crippen molar-refractivity contribution in [1.29, 1.82) is 5.41 Å². The molecule has 1 fully saturated rings. The number of benzene rings is 3. The van der Waals surface area contributed by atoms with Crippen LogP contribution < -0.4 is 15.6 Å². The summed E-state index contributed by atoms with van der Waals surface area (Å²) in [6.45, 7) is 2.82. The van der Waals surface area contributed by atoms with Crippen molar-refractivity contribution >= 4 is 11.9 Å². The number of unbranched alkanes of at least 4 members (excludes halogenated alkanes) is 1. The number of hydrogen-bond acceptors (Lipinski definition) is 5. The molecule has 0 unspecified atom stereocenters. The van der Waals surface area contributed by atoms with Crippen LogP contribution in [0.25, 0.3) is 16.8 Å². The van der Waals surface area contributed by atoms with Crippen molar-refractivity contribution in [3.05, 3.63) is 111 Å². The fourth-order valence-corrected chi connectivity index (χ4v) is 5.81. The number of nitrogens with one attached hydrogen (secondary N) is 2. The molecule has 1 aliphatic carbocycles. The third-order valence-corrected chi connectivity index (χ3v) is 8.27. The predicted octanol–water partition coefficient (Wildman–Crippen LogP) is 6.31. The van der Waals surface area contributed by atoms with Gasteiger partial charge in [0.1, 0.15) is 17.4 Å². The second-order valence-electron chi connectivity index (χ2n) is 11.5. The summed E-state index contributed by atoms with van der Waals surface area (Å²) in [6, 6.07) is 21.2. The Labute approximate surface area is 250 Å². The van der Waals surface area contributed by atoms with E-state index in [1.807, 2.05) is 53.1 Å². The molecule has 220 valence electrons. The second-order valence-corrected chi connectivity index (χ2v) is 11.5. The predicted molar refractivity (Wildman–Crippen MR) is 167 cm³/mol. The molecule has 3 aromatic carbocycles. The maximum absolute atomic E-state index is 14.4. The smallest absolute Gasteiger partial charge is 0.410 e. The third-order valence-electron chi connectivity index (χ3n) is 8.27. The lowest BCUT2D eigenvalue weighted by atomic mass is 9.96. The minimum Gasteiger partial charge on any atom is -0.493 e. The van der Waals surface area contributed by atoms with E-state index < -0.39 is 6.09 Å². The molecule has 43 heavy (non-hydrogen) atoms. The normalized spacial score (nSPS) is 13.8. The van der Waals surface area contributed by atoms with Gasteiger partial charge >= 0.3 is 6.09 Å². The van der Waals surface area contributed by atoms with E-state index in [0.29, 0.717) is 24.5 Å². The number of aryl methyl sites for hydroxylation is 1.